The number of pyridine rings is 1. The van der Waals surface area contributed by atoms with E-state index in [1.165, 1.54) is 6.20 Å². The van der Waals surface area contributed by atoms with Crippen molar-refractivity contribution in [1.29, 1.82) is 0 Å². The number of aryl methyl sites for hydroxylation is 1. The third kappa shape index (κ3) is 3.17. The third-order valence-corrected chi connectivity index (χ3v) is 3.07. The van der Waals surface area contributed by atoms with Crippen LogP contribution in [0.3, 0.4) is 0 Å². The molecule has 0 aliphatic heterocycles. The summed E-state index contributed by atoms with van der Waals surface area (Å²) in [5, 5.41) is 12.2. The zero-order chi connectivity index (χ0) is 15.4. The van der Waals surface area contributed by atoms with E-state index in [2.05, 4.69) is 10.3 Å². The fourth-order valence-corrected chi connectivity index (χ4v) is 2.05. The summed E-state index contributed by atoms with van der Waals surface area (Å²) in [7, 11) is 0. The number of hydrogen-bond acceptors (Lipinski definition) is 4. The molecule has 0 saturated heterocycles. The highest BCUT2D eigenvalue weighted by atomic mass is 16.4. The van der Waals surface area contributed by atoms with Crippen LogP contribution in [0.25, 0.3) is 0 Å². The Balaban J connectivity index is 2.41. The normalized spacial score (nSPS) is 11.7. The lowest BCUT2D eigenvalue weighted by molar-refractivity contribution is -0.138. The quantitative estimate of drug-likeness (QED) is 0.775. The molecule has 1 aromatic heterocycles. The second kappa shape index (κ2) is 6.04. The number of carbonyl (C=O) groups is 2. The van der Waals surface area contributed by atoms with Gasteiger partial charge in [0, 0.05) is 6.20 Å². The van der Waals surface area contributed by atoms with E-state index in [4.69, 9.17) is 5.73 Å². The molecule has 1 aromatic carbocycles. The van der Waals surface area contributed by atoms with Gasteiger partial charge in [-0.15, -0.1) is 0 Å². The molecule has 0 fully saturated rings. The Morgan fingerprint density at radius 3 is 2.48 bits per heavy atom. The molecule has 1 atom stereocenters. The first-order valence-electron chi connectivity index (χ1n) is 6.30. The molecular formula is C15H15N3O3. The van der Waals surface area contributed by atoms with E-state index in [9.17, 15) is 14.7 Å². The number of carboxylic acid groups (broad SMARTS) is 1. The van der Waals surface area contributed by atoms with Gasteiger partial charge in [-0.05, 0) is 24.1 Å². The van der Waals surface area contributed by atoms with E-state index < -0.39 is 17.9 Å². The van der Waals surface area contributed by atoms with Gasteiger partial charge in [0.25, 0.3) is 5.91 Å². The molecular weight excluding hydrogens is 270 g/mol. The maximum Gasteiger partial charge on any atom is 0.330 e. The lowest BCUT2D eigenvalue weighted by Crippen LogP contribution is -2.24. The van der Waals surface area contributed by atoms with Gasteiger partial charge < -0.3 is 16.2 Å². The third-order valence-electron chi connectivity index (χ3n) is 3.07. The van der Waals surface area contributed by atoms with Crippen molar-refractivity contribution in [3.05, 3.63) is 59.3 Å². The van der Waals surface area contributed by atoms with Crippen LogP contribution >= 0.6 is 0 Å². The molecule has 1 heterocycles. The minimum atomic E-state index is -1.07. The van der Waals surface area contributed by atoms with Crippen molar-refractivity contribution in [2.24, 2.45) is 5.73 Å². The predicted octanol–water partition coefficient (Wildman–Crippen LogP) is 1.73. The molecule has 1 unspecified atom stereocenters. The lowest BCUT2D eigenvalue weighted by atomic mass is 10.1. The van der Waals surface area contributed by atoms with E-state index >= 15 is 0 Å². The highest BCUT2D eigenvalue weighted by molar-refractivity contribution is 5.99. The molecule has 0 aliphatic rings. The number of amides is 1. The topological polar surface area (TPSA) is 105 Å². The van der Waals surface area contributed by atoms with E-state index in [0.717, 1.165) is 0 Å². The van der Waals surface area contributed by atoms with Crippen molar-refractivity contribution >= 4 is 17.7 Å². The van der Waals surface area contributed by atoms with Crippen molar-refractivity contribution in [3.8, 4) is 0 Å². The Hall–Kier alpha value is -2.89. The summed E-state index contributed by atoms with van der Waals surface area (Å²) in [6, 6.07) is 9.28. The van der Waals surface area contributed by atoms with Gasteiger partial charge in [0.2, 0.25) is 0 Å². The zero-order valence-electron chi connectivity index (χ0n) is 11.4. The van der Waals surface area contributed by atoms with Crippen LogP contribution in [-0.4, -0.2) is 22.0 Å². The van der Waals surface area contributed by atoms with Crippen molar-refractivity contribution in [2.75, 3.05) is 5.32 Å². The molecule has 21 heavy (non-hydrogen) atoms. The highest BCUT2D eigenvalue weighted by Crippen LogP contribution is 2.23. The Kier molecular flexibility index (Phi) is 4.18. The number of aromatic nitrogens is 1. The van der Waals surface area contributed by atoms with Crippen LogP contribution in [0, 0.1) is 6.92 Å². The molecule has 0 radical (unpaired) electrons. The standard InChI is InChI=1S/C15H15N3O3/c1-9-7-8-17-14(11(9)13(16)19)18-12(15(20)21)10-5-3-2-4-6-10/h2-8,12H,1H3,(H2,16,19)(H,17,18)(H,20,21). The van der Waals surface area contributed by atoms with Gasteiger partial charge in [-0.3, -0.25) is 4.79 Å². The number of carbonyl (C=O) groups excluding carboxylic acids is 1. The van der Waals surface area contributed by atoms with Crippen LogP contribution in [0.4, 0.5) is 5.82 Å². The number of rotatable bonds is 5. The molecule has 6 nitrogen and oxygen atoms in total. The number of carboxylic acids is 1. The predicted molar refractivity (Wildman–Crippen MR) is 77.9 cm³/mol. The summed E-state index contributed by atoms with van der Waals surface area (Å²) in [6.45, 7) is 1.71. The van der Waals surface area contributed by atoms with Crippen molar-refractivity contribution < 1.29 is 14.7 Å². The summed E-state index contributed by atoms with van der Waals surface area (Å²) in [6.07, 6.45) is 1.49. The Morgan fingerprint density at radius 1 is 1.24 bits per heavy atom. The second-order valence-electron chi connectivity index (χ2n) is 4.54. The van der Waals surface area contributed by atoms with Gasteiger partial charge >= 0.3 is 5.97 Å². The summed E-state index contributed by atoms with van der Waals surface area (Å²) < 4.78 is 0. The smallest absolute Gasteiger partial charge is 0.330 e. The van der Waals surface area contributed by atoms with Gasteiger partial charge in [-0.1, -0.05) is 30.3 Å². The lowest BCUT2D eigenvalue weighted by Gasteiger charge is -2.17. The van der Waals surface area contributed by atoms with Crippen LogP contribution in [0.2, 0.25) is 0 Å². The van der Waals surface area contributed by atoms with Gasteiger partial charge in [-0.2, -0.15) is 0 Å². The van der Waals surface area contributed by atoms with Crippen LogP contribution in [0.5, 0.6) is 0 Å². The summed E-state index contributed by atoms with van der Waals surface area (Å²) in [5.41, 5.74) is 6.73. The van der Waals surface area contributed by atoms with Gasteiger partial charge in [0.05, 0.1) is 5.56 Å². The molecule has 2 rings (SSSR count). The van der Waals surface area contributed by atoms with Crippen molar-refractivity contribution in [3.63, 3.8) is 0 Å². The van der Waals surface area contributed by atoms with Crippen molar-refractivity contribution in [1.82, 2.24) is 4.98 Å². The SMILES string of the molecule is Cc1ccnc(NC(C(=O)O)c2ccccc2)c1C(N)=O. The van der Waals surface area contributed by atoms with Gasteiger partial charge in [0.15, 0.2) is 6.04 Å². The number of nitrogens with zero attached hydrogens (tertiary/aromatic N) is 1. The molecule has 2 aromatic rings. The number of nitrogens with two attached hydrogens (primary N) is 1. The average Bonchev–Trinajstić information content (AvgIpc) is 2.45. The number of aliphatic carboxylic acids is 1. The zero-order valence-corrected chi connectivity index (χ0v) is 11.4. The minimum absolute atomic E-state index is 0.166. The molecule has 4 N–H and O–H groups in total. The summed E-state index contributed by atoms with van der Waals surface area (Å²) in [5.74, 6) is -1.56. The largest absolute Gasteiger partial charge is 0.479 e. The molecule has 1 amide bonds. The monoisotopic (exact) mass is 285 g/mol. The Labute approximate surface area is 121 Å². The molecule has 0 saturated carbocycles. The minimum Gasteiger partial charge on any atom is -0.479 e. The first-order valence-corrected chi connectivity index (χ1v) is 6.30. The van der Waals surface area contributed by atoms with E-state index in [-0.39, 0.29) is 11.4 Å². The van der Waals surface area contributed by atoms with Crippen LogP contribution in [-0.2, 0) is 4.79 Å². The number of hydrogen-bond donors (Lipinski definition) is 3. The Morgan fingerprint density at radius 2 is 1.90 bits per heavy atom. The first-order chi connectivity index (χ1) is 10.0. The van der Waals surface area contributed by atoms with Crippen LogP contribution in [0.1, 0.15) is 27.5 Å². The highest BCUT2D eigenvalue weighted by Gasteiger charge is 2.22. The fourth-order valence-electron chi connectivity index (χ4n) is 2.05. The van der Waals surface area contributed by atoms with E-state index in [0.29, 0.717) is 11.1 Å². The molecule has 108 valence electrons. The molecule has 0 aliphatic carbocycles. The van der Waals surface area contributed by atoms with Crippen molar-refractivity contribution in [2.45, 2.75) is 13.0 Å². The average molecular weight is 285 g/mol. The van der Waals surface area contributed by atoms with Gasteiger partial charge in [-0.25, -0.2) is 9.78 Å². The van der Waals surface area contributed by atoms with E-state index in [1.807, 2.05) is 0 Å². The Bertz CT molecular complexity index is 671. The first kappa shape index (κ1) is 14.5. The number of benzene rings is 1. The number of primary amides is 1. The van der Waals surface area contributed by atoms with Gasteiger partial charge in [0.1, 0.15) is 5.82 Å². The number of nitrogens with one attached hydrogen (secondary N) is 1. The second-order valence-corrected chi connectivity index (χ2v) is 4.54. The summed E-state index contributed by atoms with van der Waals surface area (Å²) in [4.78, 5) is 27.0. The maximum atomic E-state index is 11.5. The summed E-state index contributed by atoms with van der Waals surface area (Å²) >= 11 is 0. The molecule has 6 heteroatoms. The number of anilines is 1. The van der Waals surface area contributed by atoms with E-state index in [1.54, 1.807) is 43.3 Å². The van der Waals surface area contributed by atoms with Crippen LogP contribution < -0.4 is 11.1 Å². The van der Waals surface area contributed by atoms with Crippen LogP contribution in [0.15, 0.2) is 42.6 Å². The molecule has 0 bridgehead atoms. The maximum absolute atomic E-state index is 11.5. The fraction of sp³-hybridized carbons (Fsp3) is 0.133. The molecule has 0 spiro atoms.